The molecule has 0 radical (unpaired) electrons. The first-order valence-electron chi connectivity index (χ1n) is 12.0. The maximum Gasteiger partial charge on any atom is 0.328 e. The monoisotopic (exact) mass is 542 g/mol. The van der Waals surface area contributed by atoms with Crippen LogP contribution >= 0.6 is 11.8 Å². The Bertz CT molecular complexity index is 1310. The summed E-state index contributed by atoms with van der Waals surface area (Å²) in [6, 6.07) is 12.7. The highest BCUT2D eigenvalue weighted by atomic mass is 32.2. The molecular formula is C26H30N4O7S. The number of methoxy groups -OCH3 is 2. The highest BCUT2D eigenvalue weighted by molar-refractivity contribution is 7.99. The minimum atomic E-state index is -1.29. The second-order valence-corrected chi connectivity index (χ2v) is 9.51. The van der Waals surface area contributed by atoms with Crippen molar-refractivity contribution in [3.05, 3.63) is 64.2 Å². The lowest BCUT2D eigenvalue weighted by Crippen LogP contribution is -2.46. The Hall–Kier alpha value is -3.90. The molecule has 4 N–H and O–H groups in total. The van der Waals surface area contributed by atoms with Crippen LogP contribution in [0.4, 0.5) is 5.69 Å². The first kappa shape index (κ1) is 28.7. The minimum absolute atomic E-state index is 0.0669. The summed E-state index contributed by atoms with van der Waals surface area (Å²) in [5, 5.41) is 15.5. The molecule has 2 atom stereocenters. The molecule has 3 rings (SSSR count). The predicted octanol–water partition coefficient (Wildman–Crippen LogP) is 3.35. The molecular weight excluding hydrogens is 512 g/mol. The van der Waals surface area contributed by atoms with E-state index in [4.69, 9.17) is 15.2 Å². The molecule has 2 unspecified atom stereocenters. The van der Waals surface area contributed by atoms with E-state index in [1.807, 2.05) is 24.3 Å². The van der Waals surface area contributed by atoms with Gasteiger partial charge in [-0.1, -0.05) is 42.1 Å². The van der Waals surface area contributed by atoms with Crippen molar-refractivity contribution in [2.24, 2.45) is 11.7 Å². The average molecular weight is 543 g/mol. The molecule has 3 aromatic rings. The SMILES string of the molecule is COC(=O)C(CCCCN)NC(=O)C(Cc1c(Sc2ccccc2[N+](=O)[O-])[nH]c2ccccc12)C(=O)OC. The number of nitrogens with zero attached hydrogens (tertiary/aromatic N) is 1. The van der Waals surface area contributed by atoms with Crippen LogP contribution in [0.5, 0.6) is 0 Å². The summed E-state index contributed by atoms with van der Waals surface area (Å²) in [6.07, 6.45) is 1.47. The van der Waals surface area contributed by atoms with Crippen molar-refractivity contribution in [3.63, 3.8) is 0 Å². The van der Waals surface area contributed by atoms with Crippen molar-refractivity contribution >= 4 is 46.2 Å². The highest BCUT2D eigenvalue weighted by Crippen LogP contribution is 2.39. The number of ether oxygens (including phenoxy) is 2. The molecule has 0 spiro atoms. The fourth-order valence-electron chi connectivity index (χ4n) is 4.06. The third kappa shape index (κ3) is 6.90. The number of amides is 1. The van der Waals surface area contributed by atoms with Crippen LogP contribution < -0.4 is 11.1 Å². The normalized spacial score (nSPS) is 12.5. The fourth-order valence-corrected chi connectivity index (χ4v) is 5.15. The van der Waals surface area contributed by atoms with E-state index >= 15 is 0 Å². The van der Waals surface area contributed by atoms with Gasteiger partial charge < -0.3 is 25.5 Å². The predicted molar refractivity (Wildman–Crippen MR) is 142 cm³/mol. The molecule has 1 aromatic heterocycles. The van der Waals surface area contributed by atoms with Gasteiger partial charge in [0.25, 0.3) is 5.69 Å². The van der Waals surface area contributed by atoms with Crippen molar-refractivity contribution in [1.29, 1.82) is 0 Å². The molecule has 0 fully saturated rings. The van der Waals surface area contributed by atoms with Gasteiger partial charge in [-0.25, -0.2) is 4.79 Å². The maximum atomic E-state index is 13.3. The van der Waals surface area contributed by atoms with Crippen LogP contribution in [0.1, 0.15) is 24.8 Å². The first-order valence-corrected chi connectivity index (χ1v) is 12.8. The lowest BCUT2D eigenvalue weighted by Gasteiger charge is -2.20. The lowest BCUT2D eigenvalue weighted by molar-refractivity contribution is -0.387. The molecule has 1 amide bonds. The number of nitrogens with one attached hydrogen (secondary N) is 2. The number of fused-ring (bicyclic) bond motifs is 1. The molecule has 11 nitrogen and oxygen atoms in total. The summed E-state index contributed by atoms with van der Waals surface area (Å²) < 4.78 is 9.76. The zero-order chi connectivity index (χ0) is 27.7. The van der Waals surface area contributed by atoms with Gasteiger partial charge in [-0.15, -0.1) is 0 Å². The van der Waals surface area contributed by atoms with Gasteiger partial charge in [-0.3, -0.25) is 19.7 Å². The molecule has 0 bridgehead atoms. The Labute approximate surface area is 223 Å². The Kier molecular flexibility index (Phi) is 10.3. The van der Waals surface area contributed by atoms with E-state index in [0.29, 0.717) is 41.3 Å². The van der Waals surface area contributed by atoms with Crippen LogP contribution in [0.2, 0.25) is 0 Å². The van der Waals surface area contributed by atoms with E-state index in [0.717, 1.165) is 22.7 Å². The summed E-state index contributed by atoms with van der Waals surface area (Å²) in [5.74, 6) is -3.38. The van der Waals surface area contributed by atoms with Crippen molar-refractivity contribution in [2.75, 3.05) is 20.8 Å². The van der Waals surface area contributed by atoms with Crippen molar-refractivity contribution in [2.45, 2.75) is 41.6 Å². The smallest absolute Gasteiger partial charge is 0.328 e. The summed E-state index contributed by atoms with van der Waals surface area (Å²) in [6.45, 7) is 0.438. The summed E-state index contributed by atoms with van der Waals surface area (Å²) in [5.41, 5.74) is 6.83. The number of para-hydroxylation sites is 2. The zero-order valence-corrected chi connectivity index (χ0v) is 21.9. The molecule has 0 aliphatic rings. The topological polar surface area (TPSA) is 167 Å². The standard InChI is InChI=1S/C26H30N4O7S/c1-36-25(32)18(23(31)28-20(26(33)37-2)11-7-8-14-27)15-17-16-9-3-4-10-19(16)29-24(17)38-22-13-6-5-12-21(22)30(34)35/h3-6,9-10,12-13,18,20,29H,7-8,11,14-15,27H2,1-2H3,(H,28,31). The van der Waals surface area contributed by atoms with Gasteiger partial charge in [0.15, 0.2) is 0 Å². The van der Waals surface area contributed by atoms with Gasteiger partial charge in [0.1, 0.15) is 12.0 Å². The molecule has 12 heteroatoms. The van der Waals surface area contributed by atoms with E-state index in [1.165, 1.54) is 20.3 Å². The lowest BCUT2D eigenvalue weighted by atomic mass is 9.97. The largest absolute Gasteiger partial charge is 0.468 e. The van der Waals surface area contributed by atoms with Crippen molar-refractivity contribution < 1.29 is 28.8 Å². The van der Waals surface area contributed by atoms with Gasteiger partial charge in [0.2, 0.25) is 5.91 Å². The number of unbranched alkanes of at least 4 members (excludes halogenated alkanes) is 1. The van der Waals surface area contributed by atoms with Gasteiger partial charge in [-0.05, 0) is 49.9 Å². The van der Waals surface area contributed by atoms with Crippen LogP contribution in [0.15, 0.2) is 58.5 Å². The Balaban J connectivity index is 1.97. The second-order valence-electron chi connectivity index (χ2n) is 8.45. The average Bonchev–Trinajstić information content (AvgIpc) is 3.26. The number of rotatable bonds is 13. The number of carbonyl (C=O) groups excluding carboxylic acids is 3. The number of carbonyl (C=O) groups is 3. The Morgan fingerprint density at radius 3 is 2.42 bits per heavy atom. The molecule has 0 aliphatic heterocycles. The molecule has 0 saturated carbocycles. The number of H-pyrrole nitrogens is 1. The van der Waals surface area contributed by atoms with E-state index < -0.39 is 34.7 Å². The van der Waals surface area contributed by atoms with E-state index in [9.17, 15) is 24.5 Å². The maximum absolute atomic E-state index is 13.3. The molecule has 202 valence electrons. The van der Waals surface area contributed by atoms with Crippen molar-refractivity contribution in [1.82, 2.24) is 10.3 Å². The third-order valence-corrected chi connectivity index (χ3v) is 7.13. The zero-order valence-electron chi connectivity index (χ0n) is 21.1. The number of aromatic nitrogens is 1. The van der Waals surface area contributed by atoms with E-state index in [1.54, 1.807) is 18.2 Å². The van der Waals surface area contributed by atoms with Gasteiger partial charge in [0.05, 0.1) is 29.1 Å². The number of esters is 2. The number of nitro benzene ring substituents is 1. The third-order valence-electron chi connectivity index (χ3n) is 6.01. The second kappa shape index (κ2) is 13.6. The minimum Gasteiger partial charge on any atom is -0.468 e. The summed E-state index contributed by atoms with van der Waals surface area (Å²) in [4.78, 5) is 53.2. The van der Waals surface area contributed by atoms with Crippen LogP contribution in [-0.2, 0) is 30.3 Å². The number of hydrogen-bond acceptors (Lipinski definition) is 9. The summed E-state index contributed by atoms with van der Waals surface area (Å²) >= 11 is 1.14. The number of nitro groups is 1. The summed E-state index contributed by atoms with van der Waals surface area (Å²) in [7, 11) is 2.40. The number of benzene rings is 2. The number of nitrogens with two attached hydrogens (primary N) is 1. The van der Waals surface area contributed by atoms with Crippen molar-refractivity contribution in [3.8, 4) is 0 Å². The van der Waals surface area contributed by atoms with Gasteiger partial charge >= 0.3 is 11.9 Å². The Morgan fingerprint density at radius 2 is 1.74 bits per heavy atom. The molecule has 2 aromatic carbocycles. The Morgan fingerprint density at radius 1 is 1.05 bits per heavy atom. The highest BCUT2D eigenvalue weighted by Gasteiger charge is 2.33. The van der Waals surface area contributed by atoms with E-state index in [2.05, 4.69) is 10.3 Å². The van der Waals surface area contributed by atoms with Crippen LogP contribution in [-0.4, -0.2) is 54.6 Å². The number of aromatic amines is 1. The van der Waals surface area contributed by atoms with Gasteiger partial charge in [0, 0.05) is 17.0 Å². The number of hydrogen-bond donors (Lipinski definition) is 3. The van der Waals surface area contributed by atoms with Gasteiger partial charge in [-0.2, -0.15) is 0 Å². The molecule has 0 aliphatic carbocycles. The quantitative estimate of drug-likeness (QED) is 0.0965. The molecule has 0 saturated heterocycles. The van der Waals surface area contributed by atoms with Crippen LogP contribution in [0.3, 0.4) is 0 Å². The molecule has 38 heavy (non-hydrogen) atoms. The first-order chi connectivity index (χ1) is 18.3. The van der Waals surface area contributed by atoms with Crippen LogP contribution in [0, 0.1) is 16.0 Å². The molecule has 1 heterocycles. The van der Waals surface area contributed by atoms with Crippen LogP contribution in [0.25, 0.3) is 10.9 Å². The van der Waals surface area contributed by atoms with E-state index in [-0.39, 0.29) is 12.1 Å². The fraction of sp³-hybridized carbons (Fsp3) is 0.346.